The van der Waals surface area contributed by atoms with Gasteiger partial charge in [-0.2, -0.15) is 0 Å². The van der Waals surface area contributed by atoms with E-state index in [9.17, 15) is 19.7 Å². The Morgan fingerprint density at radius 2 is 2.03 bits per heavy atom. The summed E-state index contributed by atoms with van der Waals surface area (Å²) < 4.78 is 5.30. The Morgan fingerprint density at radius 1 is 1.24 bits per heavy atom. The van der Waals surface area contributed by atoms with Crippen LogP contribution >= 0.6 is 0 Å². The number of aryl methyl sites for hydroxylation is 3. The fourth-order valence-corrected chi connectivity index (χ4v) is 3.31. The number of non-ortho nitro benzene ring substituents is 1. The normalized spacial score (nSPS) is 12.9. The maximum atomic E-state index is 12.3. The third-order valence-electron chi connectivity index (χ3n) is 4.84. The molecule has 0 saturated heterocycles. The van der Waals surface area contributed by atoms with Gasteiger partial charge < -0.3 is 10.1 Å². The quantitative estimate of drug-likeness (QED) is 0.440. The van der Waals surface area contributed by atoms with Gasteiger partial charge in [0.25, 0.3) is 11.6 Å². The number of nitrogens with zero attached hydrogens (tertiary/aromatic N) is 2. The van der Waals surface area contributed by atoms with E-state index in [2.05, 4.69) is 37.4 Å². The second-order valence-corrected chi connectivity index (χ2v) is 7.06. The van der Waals surface area contributed by atoms with Crippen molar-refractivity contribution < 1.29 is 19.2 Å². The topological polar surface area (TPSA) is 102 Å². The van der Waals surface area contributed by atoms with Crippen LogP contribution in [0.2, 0.25) is 0 Å². The lowest BCUT2D eigenvalue weighted by molar-refractivity contribution is -0.384. The smallest absolute Gasteiger partial charge is 0.271 e. The second-order valence-electron chi connectivity index (χ2n) is 7.06. The lowest BCUT2D eigenvalue weighted by Crippen LogP contribution is -2.45. The van der Waals surface area contributed by atoms with Crippen molar-refractivity contribution in [2.24, 2.45) is 0 Å². The Labute approximate surface area is 168 Å². The number of ether oxygens (including phenoxy) is 1. The van der Waals surface area contributed by atoms with E-state index in [1.54, 1.807) is 0 Å². The zero-order chi connectivity index (χ0) is 21.0. The molecule has 0 saturated carbocycles. The number of nitro groups is 1. The van der Waals surface area contributed by atoms with Crippen molar-refractivity contribution in [3.05, 3.63) is 63.2 Å². The summed E-state index contributed by atoms with van der Waals surface area (Å²) in [5.74, 6) is -0.389. The monoisotopic (exact) mass is 397 g/mol. The first-order valence-corrected chi connectivity index (χ1v) is 9.39. The highest BCUT2D eigenvalue weighted by Crippen LogP contribution is 2.35. The largest absolute Gasteiger partial charge is 0.482 e. The van der Waals surface area contributed by atoms with Crippen LogP contribution in [0.5, 0.6) is 5.75 Å². The van der Waals surface area contributed by atoms with Crippen molar-refractivity contribution in [3.8, 4) is 5.75 Å². The molecule has 1 aliphatic rings. The Morgan fingerprint density at radius 3 is 2.76 bits per heavy atom. The Balaban J connectivity index is 1.57. The van der Waals surface area contributed by atoms with E-state index in [0.29, 0.717) is 12.3 Å². The van der Waals surface area contributed by atoms with E-state index in [1.165, 1.54) is 39.8 Å². The number of carbonyl (C=O) groups is 2. The molecular formula is C21H23N3O5. The van der Waals surface area contributed by atoms with E-state index in [1.807, 2.05) is 0 Å². The highest BCUT2D eigenvalue weighted by atomic mass is 16.6. The van der Waals surface area contributed by atoms with Gasteiger partial charge in [-0.25, -0.2) is 0 Å². The number of anilines is 1. The molecule has 29 heavy (non-hydrogen) atoms. The van der Waals surface area contributed by atoms with E-state index >= 15 is 0 Å². The predicted molar refractivity (Wildman–Crippen MR) is 108 cm³/mol. The molecule has 3 rings (SSSR count). The molecule has 0 atom stereocenters. The first kappa shape index (κ1) is 20.3. The number of carbonyl (C=O) groups excluding carboxylic acids is 2. The number of hydrogen-bond donors (Lipinski definition) is 1. The molecular weight excluding hydrogens is 374 g/mol. The summed E-state index contributed by atoms with van der Waals surface area (Å²) in [5.41, 5.74) is 3.76. The molecule has 1 N–H and O–H groups in total. The molecule has 0 radical (unpaired) electrons. The summed E-state index contributed by atoms with van der Waals surface area (Å²) >= 11 is 0. The van der Waals surface area contributed by atoms with Gasteiger partial charge in [0.15, 0.2) is 6.61 Å². The Hall–Kier alpha value is -3.42. The van der Waals surface area contributed by atoms with Gasteiger partial charge in [0.2, 0.25) is 5.91 Å². The van der Waals surface area contributed by atoms with Gasteiger partial charge in [-0.3, -0.25) is 24.6 Å². The van der Waals surface area contributed by atoms with Crippen molar-refractivity contribution in [1.29, 1.82) is 0 Å². The van der Waals surface area contributed by atoms with Crippen molar-refractivity contribution >= 4 is 23.2 Å². The number of nitrogens with one attached hydrogen (secondary N) is 1. The highest BCUT2D eigenvalue weighted by Gasteiger charge is 2.29. The van der Waals surface area contributed by atoms with Crippen LogP contribution in [-0.2, 0) is 16.0 Å². The summed E-state index contributed by atoms with van der Waals surface area (Å²) in [6.07, 6.45) is 1.62. The molecule has 1 heterocycles. The number of amides is 2. The molecule has 0 unspecified atom stereocenters. The third-order valence-corrected chi connectivity index (χ3v) is 4.84. The first-order chi connectivity index (χ1) is 13.8. The molecule has 2 amide bonds. The third kappa shape index (κ3) is 4.90. The maximum Gasteiger partial charge on any atom is 0.271 e. The van der Waals surface area contributed by atoms with Crippen LogP contribution in [0.3, 0.4) is 0 Å². The minimum absolute atomic E-state index is 0.166. The van der Waals surface area contributed by atoms with Crippen molar-refractivity contribution in [1.82, 2.24) is 5.32 Å². The van der Waals surface area contributed by atoms with Gasteiger partial charge in [0.1, 0.15) is 12.3 Å². The minimum Gasteiger partial charge on any atom is -0.482 e. The SMILES string of the molecule is Cc1ccc(CCCNC(=O)CN2C(=O)COc3ccc([N+](=O)[O-])cc32)c(C)c1. The standard InChI is InChI=1S/C21H23N3O5/c1-14-5-6-16(15(2)10-14)4-3-9-22-20(25)12-23-18-11-17(24(27)28)7-8-19(18)29-13-21(23)26/h5-8,10-11H,3-4,9,12-13H2,1-2H3,(H,22,25). The van der Waals surface area contributed by atoms with Gasteiger partial charge in [-0.15, -0.1) is 0 Å². The van der Waals surface area contributed by atoms with Crippen LogP contribution in [0.15, 0.2) is 36.4 Å². The van der Waals surface area contributed by atoms with Gasteiger partial charge in [0.05, 0.1) is 10.6 Å². The molecule has 8 nitrogen and oxygen atoms in total. The zero-order valence-electron chi connectivity index (χ0n) is 16.4. The van der Waals surface area contributed by atoms with Gasteiger partial charge in [-0.05, 0) is 43.9 Å². The number of nitro benzene ring substituents is 1. The van der Waals surface area contributed by atoms with Gasteiger partial charge in [-0.1, -0.05) is 23.8 Å². The molecule has 152 valence electrons. The second kappa shape index (κ2) is 8.72. The molecule has 2 aromatic carbocycles. The summed E-state index contributed by atoms with van der Waals surface area (Å²) in [7, 11) is 0. The van der Waals surface area contributed by atoms with E-state index < -0.39 is 10.8 Å². The van der Waals surface area contributed by atoms with Gasteiger partial charge in [0, 0.05) is 18.7 Å². The van der Waals surface area contributed by atoms with E-state index in [-0.39, 0.29) is 30.4 Å². The summed E-state index contributed by atoms with van der Waals surface area (Å²) in [6, 6.07) is 10.3. The summed E-state index contributed by atoms with van der Waals surface area (Å²) in [5, 5.41) is 13.8. The highest BCUT2D eigenvalue weighted by molar-refractivity contribution is 6.02. The molecule has 0 aromatic heterocycles. The van der Waals surface area contributed by atoms with Crippen LogP contribution < -0.4 is 15.0 Å². The van der Waals surface area contributed by atoms with Crippen LogP contribution in [0.25, 0.3) is 0 Å². The predicted octanol–water partition coefficient (Wildman–Crippen LogP) is 2.69. The number of fused-ring (bicyclic) bond motifs is 1. The number of benzene rings is 2. The average molecular weight is 397 g/mol. The molecule has 0 spiro atoms. The lowest BCUT2D eigenvalue weighted by Gasteiger charge is -2.28. The number of hydrogen-bond acceptors (Lipinski definition) is 5. The zero-order valence-corrected chi connectivity index (χ0v) is 16.4. The van der Waals surface area contributed by atoms with Crippen LogP contribution in [-0.4, -0.2) is 36.4 Å². The fraction of sp³-hybridized carbons (Fsp3) is 0.333. The molecule has 0 bridgehead atoms. The van der Waals surface area contributed by atoms with Gasteiger partial charge >= 0.3 is 0 Å². The van der Waals surface area contributed by atoms with Crippen LogP contribution in [0.1, 0.15) is 23.1 Å². The van der Waals surface area contributed by atoms with Crippen molar-refractivity contribution in [3.63, 3.8) is 0 Å². The van der Waals surface area contributed by atoms with Crippen LogP contribution in [0.4, 0.5) is 11.4 Å². The van der Waals surface area contributed by atoms with Crippen molar-refractivity contribution in [2.45, 2.75) is 26.7 Å². The van der Waals surface area contributed by atoms with E-state index in [0.717, 1.165) is 12.8 Å². The Bertz CT molecular complexity index is 957. The summed E-state index contributed by atoms with van der Waals surface area (Å²) in [4.78, 5) is 36.2. The Kier molecular flexibility index (Phi) is 6.11. The van der Waals surface area contributed by atoms with Crippen molar-refractivity contribution in [2.75, 3.05) is 24.6 Å². The molecule has 2 aromatic rings. The lowest BCUT2D eigenvalue weighted by atomic mass is 10.0. The number of rotatable bonds is 7. The molecule has 0 fully saturated rings. The molecule has 0 aliphatic carbocycles. The first-order valence-electron chi connectivity index (χ1n) is 9.39. The summed E-state index contributed by atoms with van der Waals surface area (Å²) in [6.45, 7) is 4.19. The average Bonchev–Trinajstić information content (AvgIpc) is 2.68. The maximum absolute atomic E-state index is 12.3. The van der Waals surface area contributed by atoms with Crippen LogP contribution in [0, 0.1) is 24.0 Å². The minimum atomic E-state index is -0.551. The molecule has 1 aliphatic heterocycles. The fourth-order valence-electron chi connectivity index (χ4n) is 3.31. The van der Waals surface area contributed by atoms with E-state index in [4.69, 9.17) is 4.74 Å². The molecule has 8 heteroatoms.